The molecule has 162 valence electrons. The van der Waals surface area contributed by atoms with E-state index in [4.69, 9.17) is 4.74 Å². The molecule has 1 aromatic carbocycles. The summed E-state index contributed by atoms with van der Waals surface area (Å²) in [7, 11) is -3.72. The molecule has 6 nitrogen and oxygen atoms in total. The van der Waals surface area contributed by atoms with E-state index >= 15 is 0 Å². The lowest BCUT2D eigenvalue weighted by Crippen LogP contribution is -2.45. The third-order valence-electron chi connectivity index (χ3n) is 5.59. The quantitative estimate of drug-likeness (QED) is 0.636. The van der Waals surface area contributed by atoms with Crippen LogP contribution in [0.2, 0.25) is 0 Å². The van der Waals surface area contributed by atoms with Crippen LogP contribution in [0.25, 0.3) is 0 Å². The molecule has 2 bridgehead atoms. The van der Waals surface area contributed by atoms with Crippen molar-refractivity contribution in [1.29, 1.82) is 0 Å². The Morgan fingerprint density at radius 1 is 1.17 bits per heavy atom. The first-order valence-electron chi connectivity index (χ1n) is 10.7. The third kappa shape index (κ3) is 5.62. The Bertz CT molecular complexity index is 808. The van der Waals surface area contributed by atoms with Crippen LogP contribution in [0, 0.1) is 18.8 Å². The zero-order valence-electron chi connectivity index (χ0n) is 18.2. The molecule has 1 amide bonds. The van der Waals surface area contributed by atoms with Crippen molar-refractivity contribution in [2.45, 2.75) is 78.5 Å². The van der Waals surface area contributed by atoms with E-state index in [1.54, 1.807) is 0 Å². The second-order valence-electron chi connectivity index (χ2n) is 9.51. The van der Waals surface area contributed by atoms with Gasteiger partial charge in [0, 0.05) is 5.56 Å². The number of rotatable bonds is 4. The minimum absolute atomic E-state index is 0.0104. The molecule has 4 atom stereocenters. The van der Waals surface area contributed by atoms with Gasteiger partial charge in [-0.25, -0.2) is 5.09 Å². The van der Waals surface area contributed by atoms with Gasteiger partial charge < -0.3 is 14.9 Å². The van der Waals surface area contributed by atoms with E-state index in [1.807, 2.05) is 13.8 Å². The molecular formula is C22H35N2O4P. The fourth-order valence-corrected chi connectivity index (χ4v) is 6.03. The molecule has 0 aromatic heterocycles. The van der Waals surface area contributed by atoms with E-state index in [2.05, 4.69) is 43.3 Å². The molecule has 2 aliphatic heterocycles. The summed E-state index contributed by atoms with van der Waals surface area (Å²) in [5.74, 6) is 1.17. The maximum atomic E-state index is 13.2. The summed E-state index contributed by atoms with van der Waals surface area (Å²) >= 11 is 0. The first-order chi connectivity index (χ1) is 13.5. The zero-order chi connectivity index (χ0) is 21.3. The molecule has 0 saturated carbocycles. The highest BCUT2D eigenvalue weighted by atomic mass is 31.2. The Kier molecular flexibility index (Phi) is 6.77. The van der Waals surface area contributed by atoms with E-state index in [0.717, 1.165) is 35.3 Å². The van der Waals surface area contributed by atoms with Crippen LogP contribution in [-0.2, 0) is 15.8 Å². The van der Waals surface area contributed by atoms with Crippen LogP contribution in [-0.4, -0.2) is 29.1 Å². The van der Waals surface area contributed by atoms with E-state index < -0.39 is 13.6 Å². The molecule has 7 heteroatoms. The number of ether oxygens (including phenoxy) is 1. The van der Waals surface area contributed by atoms with Gasteiger partial charge >= 0.3 is 0 Å². The summed E-state index contributed by atoms with van der Waals surface area (Å²) in [6.07, 6.45) is 2.47. The highest BCUT2D eigenvalue weighted by molar-refractivity contribution is 7.56. The Labute approximate surface area is 174 Å². The standard InChI is InChI=1S/C22H35N2O4P/c1-13(2)8-19-18-11-15(5)10-16-6-7-17(28-21(16)18)12-29(26,27)24-20(9-14(3)4)22(25)23-19/h10-11,13-14,17,19-20H,6-9,12H2,1-5H3,(H,23,25)(H2,24,26,27)/t17-,19+,20-/m0/s1. The van der Waals surface area contributed by atoms with Gasteiger partial charge in [-0.3, -0.25) is 9.36 Å². The molecule has 0 aliphatic carbocycles. The van der Waals surface area contributed by atoms with Crippen LogP contribution >= 0.6 is 7.52 Å². The van der Waals surface area contributed by atoms with E-state index in [0.29, 0.717) is 18.8 Å². The van der Waals surface area contributed by atoms with Crippen LogP contribution in [0.1, 0.15) is 69.7 Å². The molecule has 0 spiro atoms. The van der Waals surface area contributed by atoms with Gasteiger partial charge in [-0.1, -0.05) is 45.4 Å². The number of fused-ring (bicyclic) bond motifs is 1. The van der Waals surface area contributed by atoms with Crippen molar-refractivity contribution < 1.29 is 19.0 Å². The van der Waals surface area contributed by atoms with Crippen molar-refractivity contribution in [3.8, 4) is 5.75 Å². The summed E-state index contributed by atoms with van der Waals surface area (Å²) in [4.78, 5) is 23.8. The first-order valence-corrected chi connectivity index (χ1v) is 12.6. The number of hydrogen-bond donors (Lipinski definition) is 3. The fraction of sp³-hybridized carbons (Fsp3) is 0.682. The Balaban J connectivity index is 2.08. The molecule has 2 heterocycles. The molecule has 29 heavy (non-hydrogen) atoms. The van der Waals surface area contributed by atoms with Gasteiger partial charge in [-0.05, 0) is 50.0 Å². The maximum absolute atomic E-state index is 13.2. The van der Waals surface area contributed by atoms with Gasteiger partial charge in [-0.2, -0.15) is 0 Å². The monoisotopic (exact) mass is 422 g/mol. The molecule has 1 aromatic rings. The van der Waals surface area contributed by atoms with Crippen molar-refractivity contribution in [2.24, 2.45) is 11.8 Å². The van der Waals surface area contributed by atoms with Gasteiger partial charge in [0.05, 0.1) is 18.2 Å². The SMILES string of the molecule is Cc1cc2c3c(c1)[C@@H](CC(C)C)NC(=O)[C@H](CC(C)C)NP(=O)(O)C[C@H](CC2)O3. The van der Waals surface area contributed by atoms with E-state index in [1.165, 1.54) is 0 Å². The number of aryl methyl sites for hydroxylation is 2. The Hall–Kier alpha value is -1.36. The van der Waals surface area contributed by atoms with Crippen molar-refractivity contribution in [1.82, 2.24) is 10.4 Å². The van der Waals surface area contributed by atoms with Crippen molar-refractivity contribution in [3.05, 3.63) is 28.8 Å². The predicted octanol–water partition coefficient (Wildman–Crippen LogP) is 4.10. The zero-order valence-corrected chi connectivity index (χ0v) is 19.1. The first kappa shape index (κ1) is 22.3. The van der Waals surface area contributed by atoms with Crippen LogP contribution < -0.4 is 15.1 Å². The second kappa shape index (κ2) is 8.79. The Morgan fingerprint density at radius 3 is 2.48 bits per heavy atom. The van der Waals surface area contributed by atoms with E-state index in [-0.39, 0.29) is 30.1 Å². The van der Waals surface area contributed by atoms with Crippen LogP contribution in [0.3, 0.4) is 0 Å². The number of carbonyl (C=O) groups is 1. The molecule has 1 unspecified atom stereocenters. The number of benzene rings is 1. The molecular weight excluding hydrogens is 387 g/mol. The van der Waals surface area contributed by atoms with Gasteiger partial charge in [0.1, 0.15) is 11.9 Å². The highest BCUT2D eigenvalue weighted by Gasteiger charge is 2.37. The summed E-state index contributed by atoms with van der Waals surface area (Å²) in [6, 6.07) is 3.33. The number of hydrogen-bond acceptors (Lipinski definition) is 3. The maximum Gasteiger partial charge on any atom is 0.271 e. The summed E-state index contributed by atoms with van der Waals surface area (Å²) in [5.41, 5.74) is 3.26. The van der Waals surface area contributed by atoms with Gasteiger partial charge in [0.2, 0.25) is 5.91 Å². The highest BCUT2D eigenvalue weighted by Crippen LogP contribution is 2.44. The minimum Gasteiger partial charge on any atom is -0.489 e. The molecule has 3 N–H and O–H groups in total. The number of amides is 1. The molecule has 0 saturated heterocycles. The van der Waals surface area contributed by atoms with Crippen molar-refractivity contribution >= 4 is 13.4 Å². The van der Waals surface area contributed by atoms with Crippen LogP contribution in [0.15, 0.2) is 12.1 Å². The average Bonchev–Trinajstić information content (AvgIpc) is 2.59. The topological polar surface area (TPSA) is 87.7 Å². The largest absolute Gasteiger partial charge is 0.489 e. The number of carbonyl (C=O) groups excluding carboxylic acids is 1. The van der Waals surface area contributed by atoms with Gasteiger partial charge in [0.25, 0.3) is 7.52 Å². The van der Waals surface area contributed by atoms with Gasteiger partial charge in [0.15, 0.2) is 0 Å². The summed E-state index contributed by atoms with van der Waals surface area (Å²) in [5, 5.41) is 5.96. The fourth-order valence-electron chi connectivity index (χ4n) is 4.41. The molecule has 3 rings (SSSR count). The third-order valence-corrected chi connectivity index (χ3v) is 7.21. The van der Waals surface area contributed by atoms with Gasteiger partial charge in [-0.15, -0.1) is 0 Å². The lowest BCUT2D eigenvalue weighted by molar-refractivity contribution is -0.124. The summed E-state index contributed by atoms with van der Waals surface area (Å²) < 4.78 is 19.2. The normalized spacial score (nSPS) is 29.9. The lowest BCUT2D eigenvalue weighted by Gasteiger charge is -2.31. The van der Waals surface area contributed by atoms with Crippen LogP contribution in [0.4, 0.5) is 0 Å². The molecule has 0 radical (unpaired) electrons. The van der Waals surface area contributed by atoms with Crippen LogP contribution in [0.5, 0.6) is 5.75 Å². The van der Waals surface area contributed by atoms with E-state index in [9.17, 15) is 14.3 Å². The van der Waals surface area contributed by atoms with Crippen molar-refractivity contribution in [2.75, 3.05) is 6.16 Å². The molecule has 2 aliphatic rings. The smallest absolute Gasteiger partial charge is 0.271 e. The molecule has 0 fully saturated rings. The second-order valence-corrected chi connectivity index (χ2v) is 11.5. The Morgan fingerprint density at radius 2 is 1.83 bits per heavy atom. The van der Waals surface area contributed by atoms with Crippen molar-refractivity contribution in [3.63, 3.8) is 0 Å². The number of nitrogens with one attached hydrogen (secondary N) is 2. The summed E-state index contributed by atoms with van der Waals surface area (Å²) in [6.45, 7) is 10.4. The minimum atomic E-state index is -3.72. The average molecular weight is 423 g/mol. The predicted molar refractivity (Wildman–Crippen MR) is 115 cm³/mol. The lowest BCUT2D eigenvalue weighted by atomic mass is 9.90.